The Hall–Kier alpha value is -3.56. The summed E-state index contributed by atoms with van der Waals surface area (Å²) in [5.74, 6) is -3.25. The molecule has 0 amide bonds. The Morgan fingerprint density at radius 2 is 1.18 bits per heavy atom. The molecule has 0 aliphatic rings. The van der Waals surface area contributed by atoms with E-state index in [-0.39, 0.29) is 11.1 Å². The molecule has 0 aromatic heterocycles. The van der Waals surface area contributed by atoms with Crippen LogP contribution in [-0.2, 0) is 9.59 Å². The van der Waals surface area contributed by atoms with Crippen LogP contribution < -0.4 is 10.2 Å². The molecule has 1 rings (SSSR count). The van der Waals surface area contributed by atoms with Crippen molar-refractivity contribution in [3.8, 4) is 0 Å². The van der Waals surface area contributed by atoms with Gasteiger partial charge in [-0.25, -0.2) is 0 Å². The zero-order chi connectivity index (χ0) is 16.9. The standard InChI is InChI=1S/C12H8N2O8/c15-11(16)3-1-7-5-8(2-4-12(17)18)10(14(21)22)6-9(7)13(19)20/h1-6H,(H,15,16)(H,17,18)/p-2/b3-1+,4-2+. The van der Waals surface area contributed by atoms with E-state index in [0.717, 1.165) is 18.2 Å². The lowest BCUT2D eigenvalue weighted by atomic mass is 10.0. The summed E-state index contributed by atoms with van der Waals surface area (Å²) in [5, 5.41) is 42.5. The number of nitrogens with zero attached hydrogens (tertiary/aromatic N) is 2. The number of aliphatic carboxylic acids is 2. The van der Waals surface area contributed by atoms with E-state index in [2.05, 4.69) is 0 Å². The van der Waals surface area contributed by atoms with Gasteiger partial charge in [-0.1, -0.05) is 0 Å². The maximum atomic E-state index is 10.9. The molecule has 0 atom stereocenters. The lowest BCUT2D eigenvalue weighted by Crippen LogP contribution is -2.18. The molecule has 0 bridgehead atoms. The second kappa shape index (κ2) is 6.74. The summed E-state index contributed by atoms with van der Waals surface area (Å²) in [7, 11) is 0. The lowest BCUT2D eigenvalue weighted by Gasteiger charge is -2.03. The second-order valence-corrected chi connectivity index (χ2v) is 3.79. The average Bonchev–Trinajstić information content (AvgIpc) is 2.41. The van der Waals surface area contributed by atoms with Gasteiger partial charge in [-0.15, -0.1) is 0 Å². The van der Waals surface area contributed by atoms with Gasteiger partial charge in [-0.2, -0.15) is 0 Å². The van der Waals surface area contributed by atoms with Crippen LogP contribution in [0.2, 0.25) is 0 Å². The lowest BCUT2D eigenvalue weighted by molar-refractivity contribution is -0.394. The van der Waals surface area contributed by atoms with Crippen molar-refractivity contribution in [2.24, 2.45) is 0 Å². The van der Waals surface area contributed by atoms with Gasteiger partial charge < -0.3 is 19.8 Å². The van der Waals surface area contributed by atoms with Gasteiger partial charge in [0.1, 0.15) is 0 Å². The second-order valence-electron chi connectivity index (χ2n) is 3.79. The van der Waals surface area contributed by atoms with Gasteiger partial charge in [0.2, 0.25) is 0 Å². The van der Waals surface area contributed by atoms with Crippen LogP contribution in [0.5, 0.6) is 0 Å². The molecule has 0 N–H and O–H groups in total. The van der Waals surface area contributed by atoms with Crippen molar-refractivity contribution >= 4 is 35.5 Å². The Balaban J connectivity index is 3.58. The van der Waals surface area contributed by atoms with E-state index in [9.17, 15) is 40.0 Å². The summed E-state index contributed by atoms with van der Waals surface area (Å²) in [5.41, 5.74) is -1.96. The molecule has 0 saturated carbocycles. The van der Waals surface area contributed by atoms with Gasteiger partial charge in [-0.3, -0.25) is 20.2 Å². The summed E-state index contributed by atoms with van der Waals surface area (Å²) in [4.78, 5) is 40.6. The number of nitro groups is 2. The maximum Gasteiger partial charge on any atom is 0.283 e. The first-order chi connectivity index (χ1) is 10.2. The molecular weight excluding hydrogens is 300 g/mol. The molecular formula is C12H6N2O8-2. The summed E-state index contributed by atoms with van der Waals surface area (Å²) >= 11 is 0. The largest absolute Gasteiger partial charge is 0.545 e. The summed E-state index contributed by atoms with van der Waals surface area (Å²) in [6.07, 6.45) is 2.63. The highest BCUT2D eigenvalue weighted by Gasteiger charge is 2.22. The molecule has 0 fully saturated rings. The van der Waals surface area contributed by atoms with Gasteiger partial charge in [0.25, 0.3) is 11.4 Å². The molecule has 0 radical (unpaired) electrons. The zero-order valence-electron chi connectivity index (χ0n) is 10.6. The van der Waals surface area contributed by atoms with Crippen molar-refractivity contribution in [3.63, 3.8) is 0 Å². The Labute approximate surface area is 121 Å². The monoisotopic (exact) mass is 306 g/mol. The molecule has 10 nitrogen and oxygen atoms in total. The molecule has 0 unspecified atom stereocenters. The van der Waals surface area contributed by atoms with E-state index in [1.807, 2.05) is 0 Å². The molecule has 1 aromatic carbocycles. The van der Waals surface area contributed by atoms with E-state index in [1.165, 1.54) is 0 Å². The van der Waals surface area contributed by atoms with Crippen LogP contribution in [0.25, 0.3) is 12.2 Å². The fourth-order valence-electron chi connectivity index (χ4n) is 1.51. The third kappa shape index (κ3) is 4.23. The van der Waals surface area contributed by atoms with Crippen LogP contribution in [0.1, 0.15) is 11.1 Å². The van der Waals surface area contributed by atoms with E-state index in [4.69, 9.17) is 0 Å². The zero-order valence-corrected chi connectivity index (χ0v) is 10.6. The molecule has 0 saturated heterocycles. The molecule has 0 aliphatic heterocycles. The minimum Gasteiger partial charge on any atom is -0.545 e. The van der Waals surface area contributed by atoms with Gasteiger partial charge in [0.15, 0.2) is 0 Å². The minimum atomic E-state index is -1.63. The molecule has 0 aliphatic carbocycles. The van der Waals surface area contributed by atoms with Crippen molar-refractivity contribution < 1.29 is 29.6 Å². The maximum absolute atomic E-state index is 10.9. The van der Waals surface area contributed by atoms with Crippen LogP contribution in [-0.4, -0.2) is 21.8 Å². The van der Waals surface area contributed by atoms with Gasteiger partial charge in [0, 0.05) is 0 Å². The topological polar surface area (TPSA) is 167 Å². The molecule has 0 heterocycles. The molecule has 1 aromatic rings. The number of hydrogen-bond acceptors (Lipinski definition) is 8. The number of carbonyl (C=O) groups excluding carboxylic acids is 2. The number of carboxylic acid groups (broad SMARTS) is 2. The van der Waals surface area contributed by atoms with Crippen molar-refractivity contribution in [2.75, 3.05) is 0 Å². The summed E-state index contributed by atoms with van der Waals surface area (Å²) in [6, 6.07) is 1.51. The Bertz CT molecular complexity index is 663. The number of benzene rings is 1. The molecule has 22 heavy (non-hydrogen) atoms. The first kappa shape index (κ1) is 16.5. The smallest absolute Gasteiger partial charge is 0.283 e. The van der Waals surface area contributed by atoms with Crippen LogP contribution in [0.3, 0.4) is 0 Å². The van der Waals surface area contributed by atoms with Crippen LogP contribution >= 0.6 is 0 Å². The number of carbonyl (C=O) groups is 2. The van der Waals surface area contributed by atoms with Crippen LogP contribution in [0, 0.1) is 20.2 Å². The number of nitro benzene ring substituents is 2. The van der Waals surface area contributed by atoms with Gasteiger partial charge in [-0.05, 0) is 30.4 Å². The average molecular weight is 306 g/mol. The first-order valence-corrected chi connectivity index (χ1v) is 5.47. The van der Waals surface area contributed by atoms with Crippen molar-refractivity contribution in [2.45, 2.75) is 0 Å². The van der Waals surface area contributed by atoms with Gasteiger partial charge in [0.05, 0.1) is 39.0 Å². The van der Waals surface area contributed by atoms with Crippen LogP contribution in [0.15, 0.2) is 24.3 Å². The fraction of sp³-hybridized carbons (Fsp3) is 0. The Kier molecular flexibility index (Phi) is 5.06. The predicted octanol–water partition coefficient (Wildman–Crippen LogP) is -0.971. The summed E-state index contributed by atoms with van der Waals surface area (Å²) < 4.78 is 0. The predicted molar refractivity (Wildman–Crippen MR) is 67.8 cm³/mol. The van der Waals surface area contributed by atoms with Crippen molar-refractivity contribution in [1.29, 1.82) is 0 Å². The number of hydrogen-bond donors (Lipinski definition) is 0. The highest BCUT2D eigenvalue weighted by molar-refractivity contribution is 5.87. The van der Waals surface area contributed by atoms with Gasteiger partial charge >= 0.3 is 0 Å². The van der Waals surface area contributed by atoms with E-state index in [0.29, 0.717) is 18.2 Å². The Morgan fingerprint density at radius 1 is 0.818 bits per heavy atom. The number of rotatable bonds is 6. The third-order valence-electron chi connectivity index (χ3n) is 2.37. The highest BCUT2D eigenvalue weighted by Crippen LogP contribution is 2.30. The van der Waals surface area contributed by atoms with E-state index < -0.39 is 33.2 Å². The summed E-state index contributed by atoms with van der Waals surface area (Å²) in [6.45, 7) is 0. The highest BCUT2D eigenvalue weighted by atomic mass is 16.6. The van der Waals surface area contributed by atoms with Crippen molar-refractivity contribution in [3.05, 3.63) is 55.6 Å². The van der Waals surface area contributed by atoms with Crippen LogP contribution in [0.4, 0.5) is 11.4 Å². The minimum absolute atomic E-state index is 0.266. The molecule has 114 valence electrons. The SMILES string of the molecule is O=C([O-])/C=C/c1cc(/C=C/C(=O)[O-])c([N+](=O)[O-])cc1[N+](=O)[O-]. The number of carboxylic acids is 2. The molecule has 10 heteroatoms. The van der Waals surface area contributed by atoms with E-state index in [1.54, 1.807) is 0 Å². The quantitative estimate of drug-likeness (QED) is 0.367. The molecule has 0 spiro atoms. The first-order valence-electron chi connectivity index (χ1n) is 5.47. The van der Waals surface area contributed by atoms with E-state index >= 15 is 0 Å². The van der Waals surface area contributed by atoms with Crippen molar-refractivity contribution in [1.82, 2.24) is 0 Å². The fourth-order valence-corrected chi connectivity index (χ4v) is 1.51. The Morgan fingerprint density at radius 3 is 1.45 bits per heavy atom. The normalized spacial score (nSPS) is 10.9. The third-order valence-corrected chi connectivity index (χ3v) is 2.37.